The van der Waals surface area contributed by atoms with Gasteiger partial charge in [0.2, 0.25) is 0 Å². The number of esters is 1. The van der Waals surface area contributed by atoms with Gasteiger partial charge in [-0.25, -0.2) is 23.5 Å². The third-order valence-electron chi connectivity index (χ3n) is 4.94. The van der Waals surface area contributed by atoms with Crippen molar-refractivity contribution >= 4 is 29.1 Å². The van der Waals surface area contributed by atoms with Crippen molar-refractivity contribution in [2.45, 2.75) is 46.1 Å². The molecule has 0 spiro atoms. The minimum Gasteiger partial charge on any atom is -0.497 e. The van der Waals surface area contributed by atoms with Crippen LogP contribution in [0.15, 0.2) is 42.6 Å². The number of carbonyl (C=O) groups is 1. The quantitative estimate of drug-likeness (QED) is 0.271. The number of nitrogens with two attached hydrogens (primary N) is 1. The Morgan fingerprint density at radius 1 is 0.947 bits per heavy atom. The largest absolute Gasteiger partial charge is 0.497 e. The van der Waals surface area contributed by atoms with Gasteiger partial charge >= 0.3 is 5.97 Å². The molecule has 0 unspecified atom stereocenters. The molecule has 4 N–H and O–H groups in total. The molecule has 0 saturated heterocycles. The molecule has 1 aliphatic rings. The minimum atomic E-state index is -2.72. The second-order valence-corrected chi connectivity index (χ2v) is 7.88. The fourth-order valence-electron chi connectivity index (χ4n) is 2.94. The zero-order chi connectivity index (χ0) is 28.1. The number of alkyl halides is 2. The van der Waals surface area contributed by atoms with Crippen LogP contribution in [-0.4, -0.2) is 37.3 Å². The van der Waals surface area contributed by atoms with Crippen LogP contribution in [0.1, 0.15) is 61.0 Å². The molecule has 0 amide bonds. The number of hydrogen-bond acceptors (Lipinski definition) is 9. The van der Waals surface area contributed by atoms with E-state index in [4.69, 9.17) is 15.2 Å². The molecule has 4 rings (SSSR count). The highest BCUT2D eigenvalue weighted by Crippen LogP contribution is 2.28. The van der Waals surface area contributed by atoms with E-state index in [2.05, 4.69) is 25.3 Å². The smallest absolute Gasteiger partial charge is 0.341 e. The molecule has 1 aliphatic carbocycles. The lowest BCUT2D eigenvalue weighted by atomic mass is 10.2. The van der Waals surface area contributed by atoms with Crippen LogP contribution in [-0.2, 0) is 11.3 Å². The SMILES string of the molecule is C1CC1.CC.COC(=O)c1cnc(Nc2cc(C(F)F)cc(NCc3cc(OC)cc(OC)c3)n2)cc1N. The Bertz CT molecular complexity index is 1170. The van der Waals surface area contributed by atoms with Crippen molar-refractivity contribution in [1.29, 1.82) is 0 Å². The van der Waals surface area contributed by atoms with Crippen molar-refractivity contribution in [1.82, 2.24) is 9.97 Å². The average Bonchev–Trinajstić information content (AvgIpc) is 3.82. The van der Waals surface area contributed by atoms with Crippen LogP contribution < -0.4 is 25.8 Å². The number of anilines is 4. The van der Waals surface area contributed by atoms with Crippen molar-refractivity contribution in [3.63, 3.8) is 0 Å². The summed E-state index contributed by atoms with van der Waals surface area (Å²) in [6.45, 7) is 4.28. The first kappa shape index (κ1) is 30.1. The summed E-state index contributed by atoms with van der Waals surface area (Å²) in [6.07, 6.45) is 3.02. The fraction of sp³-hybridized carbons (Fsp3) is 0.370. The van der Waals surface area contributed by atoms with Crippen LogP contribution in [0.25, 0.3) is 0 Å². The van der Waals surface area contributed by atoms with Gasteiger partial charge in [0.05, 0.1) is 27.0 Å². The molecular weight excluding hydrogens is 496 g/mol. The number of halogens is 2. The van der Waals surface area contributed by atoms with Crippen molar-refractivity contribution in [2.24, 2.45) is 0 Å². The van der Waals surface area contributed by atoms with Gasteiger partial charge in [0, 0.05) is 30.4 Å². The number of nitrogens with one attached hydrogen (secondary N) is 2. The van der Waals surface area contributed by atoms with E-state index in [-0.39, 0.29) is 40.8 Å². The highest BCUT2D eigenvalue weighted by Gasteiger charge is 2.14. The van der Waals surface area contributed by atoms with Gasteiger partial charge in [-0.3, -0.25) is 0 Å². The molecule has 1 saturated carbocycles. The summed E-state index contributed by atoms with van der Waals surface area (Å²) in [5.74, 6) is 1.13. The zero-order valence-electron chi connectivity index (χ0n) is 22.3. The Hall–Kier alpha value is -4.15. The van der Waals surface area contributed by atoms with Gasteiger partial charge in [0.1, 0.15) is 34.5 Å². The van der Waals surface area contributed by atoms with Gasteiger partial charge in [0.15, 0.2) is 0 Å². The number of nitrogens with zero attached hydrogens (tertiary/aromatic N) is 2. The lowest BCUT2D eigenvalue weighted by molar-refractivity contribution is 0.0601. The van der Waals surface area contributed by atoms with Crippen molar-refractivity contribution in [2.75, 3.05) is 37.7 Å². The normalized spacial score (nSPS) is 11.3. The summed E-state index contributed by atoms with van der Waals surface area (Å²) in [6, 6.07) is 9.16. The fourth-order valence-corrected chi connectivity index (χ4v) is 2.94. The molecule has 3 aromatic rings. The summed E-state index contributed by atoms with van der Waals surface area (Å²) in [7, 11) is 4.30. The predicted molar refractivity (Wildman–Crippen MR) is 145 cm³/mol. The van der Waals surface area contributed by atoms with Gasteiger partial charge in [-0.15, -0.1) is 0 Å². The topological polar surface area (TPSA) is 121 Å². The highest BCUT2D eigenvalue weighted by atomic mass is 19.3. The first-order valence-electron chi connectivity index (χ1n) is 12.2. The summed E-state index contributed by atoms with van der Waals surface area (Å²) < 4.78 is 42.1. The molecule has 38 heavy (non-hydrogen) atoms. The van der Waals surface area contributed by atoms with Gasteiger partial charge in [-0.2, -0.15) is 0 Å². The van der Waals surface area contributed by atoms with E-state index >= 15 is 0 Å². The molecule has 2 aromatic heterocycles. The number of nitrogen functional groups attached to an aromatic ring is 1. The molecule has 11 heteroatoms. The monoisotopic (exact) mass is 531 g/mol. The number of methoxy groups -OCH3 is 3. The molecule has 2 heterocycles. The minimum absolute atomic E-state index is 0.0911. The van der Waals surface area contributed by atoms with Crippen LogP contribution in [0.3, 0.4) is 0 Å². The first-order chi connectivity index (χ1) is 18.3. The molecule has 0 bridgehead atoms. The Kier molecular flexibility index (Phi) is 12.0. The maximum absolute atomic E-state index is 13.5. The van der Waals surface area contributed by atoms with Crippen molar-refractivity contribution < 1.29 is 27.8 Å². The average molecular weight is 532 g/mol. The van der Waals surface area contributed by atoms with Crippen molar-refractivity contribution in [3.8, 4) is 11.5 Å². The van der Waals surface area contributed by atoms with E-state index in [0.29, 0.717) is 11.5 Å². The molecule has 1 fully saturated rings. The van der Waals surface area contributed by atoms with E-state index in [9.17, 15) is 13.6 Å². The summed E-state index contributed by atoms with van der Waals surface area (Å²) in [5, 5.41) is 5.86. The number of rotatable bonds is 9. The summed E-state index contributed by atoms with van der Waals surface area (Å²) in [4.78, 5) is 20.1. The Morgan fingerprint density at radius 2 is 1.55 bits per heavy atom. The molecule has 1 aromatic carbocycles. The van der Waals surface area contributed by atoms with E-state index in [1.807, 2.05) is 13.8 Å². The zero-order valence-corrected chi connectivity index (χ0v) is 22.3. The number of benzene rings is 1. The highest BCUT2D eigenvalue weighted by molar-refractivity contribution is 5.95. The van der Waals surface area contributed by atoms with E-state index in [1.54, 1.807) is 18.2 Å². The van der Waals surface area contributed by atoms with Gasteiger partial charge in [0.25, 0.3) is 6.43 Å². The van der Waals surface area contributed by atoms with Crippen LogP contribution in [0, 0.1) is 0 Å². The number of aromatic nitrogens is 2. The maximum atomic E-state index is 13.5. The number of pyridine rings is 2. The molecule has 206 valence electrons. The van der Waals surface area contributed by atoms with E-state index in [1.165, 1.54) is 65.0 Å². The predicted octanol–water partition coefficient (Wildman–Crippen LogP) is 6.35. The van der Waals surface area contributed by atoms with Gasteiger partial charge in [-0.1, -0.05) is 33.1 Å². The van der Waals surface area contributed by atoms with Crippen LogP contribution in [0.2, 0.25) is 0 Å². The summed E-state index contributed by atoms with van der Waals surface area (Å²) in [5.41, 5.74) is 6.64. The standard InChI is InChI=1S/C22H23F2N5O4.C3H6.C2H6/c1-31-14-4-12(5-15(8-14)32-2)10-26-18-6-13(21(23)24)7-20(28-18)29-19-9-17(25)16(11-27-19)22(30)33-3;1-2-3-1;1-2/h4-9,11,21H,10H2,1-3H3,(H4,25,26,27,28,29);1-3H2;1-2H3. The molecule has 0 aliphatic heterocycles. The molecule has 0 radical (unpaired) electrons. The number of ether oxygens (including phenoxy) is 3. The van der Waals surface area contributed by atoms with Gasteiger partial charge < -0.3 is 30.6 Å². The molecule has 9 nitrogen and oxygen atoms in total. The second-order valence-electron chi connectivity index (χ2n) is 7.88. The Labute approximate surface area is 221 Å². The third kappa shape index (κ3) is 9.38. The first-order valence-corrected chi connectivity index (χ1v) is 12.2. The Morgan fingerprint density at radius 3 is 2.05 bits per heavy atom. The van der Waals surface area contributed by atoms with Crippen LogP contribution in [0.4, 0.5) is 31.9 Å². The maximum Gasteiger partial charge on any atom is 0.341 e. The van der Waals surface area contributed by atoms with Crippen LogP contribution >= 0.6 is 0 Å². The molecule has 0 atom stereocenters. The summed E-state index contributed by atoms with van der Waals surface area (Å²) >= 11 is 0. The van der Waals surface area contributed by atoms with Crippen LogP contribution in [0.5, 0.6) is 11.5 Å². The van der Waals surface area contributed by atoms with E-state index < -0.39 is 12.4 Å². The Balaban J connectivity index is 0.000000925. The third-order valence-corrected chi connectivity index (χ3v) is 4.94. The van der Waals surface area contributed by atoms with E-state index in [0.717, 1.165) is 5.56 Å². The molecular formula is C27H35F2N5O4. The number of carbonyl (C=O) groups excluding carboxylic acids is 1. The number of hydrogen-bond donors (Lipinski definition) is 3. The lowest BCUT2D eigenvalue weighted by Crippen LogP contribution is -2.08. The van der Waals surface area contributed by atoms with Crippen molar-refractivity contribution in [3.05, 3.63) is 59.3 Å². The van der Waals surface area contributed by atoms with Gasteiger partial charge in [-0.05, 0) is 29.8 Å². The second kappa shape index (κ2) is 15.2. The lowest BCUT2D eigenvalue weighted by Gasteiger charge is -2.13.